The molecule has 1 aliphatic heterocycles. The van der Waals surface area contributed by atoms with E-state index in [-0.39, 0.29) is 6.79 Å². The van der Waals surface area contributed by atoms with E-state index < -0.39 is 0 Å². The lowest BCUT2D eigenvalue weighted by Gasteiger charge is -2.08. The fraction of sp³-hybridized carbons (Fsp3) is 0.167. The van der Waals surface area contributed by atoms with E-state index >= 15 is 0 Å². The molecule has 18 heavy (non-hydrogen) atoms. The molecule has 0 spiro atoms. The van der Waals surface area contributed by atoms with E-state index in [1.165, 1.54) is 11.3 Å². The largest absolute Gasteiger partial charge is 0.486 e. The molecule has 0 saturated carbocycles. The zero-order valence-corrected chi connectivity index (χ0v) is 10.1. The number of fused-ring (bicyclic) bond motifs is 1. The van der Waals surface area contributed by atoms with Crippen molar-refractivity contribution in [2.45, 2.75) is 6.61 Å². The second kappa shape index (κ2) is 4.66. The van der Waals surface area contributed by atoms with Gasteiger partial charge in [-0.2, -0.15) is 0 Å². The number of hydrogen-bond acceptors (Lipinski definition) is 6. The maximum atomic E-state index is 11.0. The highest BCUT2D eigenvalue weighted by Crippen LogP contribution is 2.37. The summed E-state index contributed by atoms with van der Waals surface area (Å²) < 4.78 is 16.0. The van der Waals surface area contributed by atoms with E-state index in [1.807, 2.05) is 5.38 Å². The third-order valence-corrected chi connectivity index (χ3v) is 3.13. The predicted molar refractivity (Wildman–Crippen MR) is 64.4 cm³/mol. The highest BCUT2D eigenvalue weighted by atomic mass is 32.1. The molecular formula is C12H9NO4S. The third kappa shape index (κ3) is 2.02. The highest BCUT2D eigenvalue weighted by Gasteiger charge is 2.18. The molecule has 1 aromatic heterocycles. The number of rotatable bonds is 4. The van der Waals surface area contributed by atoms with Gasteiger partial charge in [0.2, 0.25) is 6.79 Å². The van der Waals surface area contributed by atoms with Gasteiger partial charge >= 0.3 is 0 Å². The predicted octanol–water partition coefficient (Wildman–Crippen LogP) is 2.26. The quantitative estimate of drug-likeness (QED) is 0.792. The smallest absolute Gasteiger partial charge is 0.231 e. The molecule has 0 unspecified atom stereocenters. The normalized spacial score (nSPS) is 12.4. The molecular weight excluding hydrogens is 254 g/mol. The Labute approximate surface area is 107 Å². The Bertz CT molecular complexity index is 568. The summed E-state index contributed by atoms with van der Waals surface area (Å²) in [5.74, 6) is 1.63. The number of hydrogen-bond donors (Lipinski definition) is 0. The highest BCUT2D eigenvalue weighted by molar-refractivity contribution is 7.07. The van der Waals surface area contributed by atoms with Gasteiger partial charge in [0.1, 0.15) is 12.4 Å². The lowest BCUT2D eigenvalue weighted by molar-refractivity contribution is 0.111. The molecule has 0 amide bonds. The zero-order valence-electron chi connectivity index (χ0n) is 9.29. The Morgan fingerprint density at radius 1 is 1.39 bits per heavy atom. The van der Waals surface area contributed by atoms with Crippen molar-refractivity contribution in [3.05, 3.63) is 34.3 Å². The first kappa shape index (κ1) is 11.0. The van der Waals surface area contributed by atoms with Gasteiger partial charge in [-0.3, -0.25) is 4.79 Å². The summed E-state index contributed by atoms with van der Waals surface area (Å²) in [6, 6.07) is 3.28. The van der Waals surface area contributed by atoms with Gasteiger partial charge in [-0.05, 0) is 6.07 Å². The van der Waals surface area contributed by atoms with Crippen molar-refractivity contribution in [1.29, 1.82) is 0 Å². The van der Waals surface area contributed by atoms with Crippen LogP contribution in [0, 0.1) is 0 Å². The van der Waals surface area contributed by atoms with Crippen molar-refractivity contribution < 1.29 is 19.0 Å². The number of ether oxygens (including phenoxy) is 3. The first-order valence-corrected chi connectivity index (χ1v) is 6.20. The van der Waals surface area contributed by atoms with Gasteiger partial charge in [0.15, 0.2) is 17.8 Å². The van der Waals surface area contributed by atoms with Crippen molar-refractivity contribution >= 4 is 17.6 Å². The van der Waals surface area contributed by atoms with Gasteiger partial charge in [0.05, 0.1) is 16.8 Å². The van der Waals surface area contributed by atoms with Crippen molar-refractivity contribution in [3.8, 4) is 17.2 Å². The molecule has 2 heterocycles. The summed E-state index contributed by atoms with van der Waals surface area (Å²) in [5, 5.41) is 1.90. The molecule has 0 aliphatic carbocycles. The molecule has 0 N–H and O–H groups in total. The Balaban J connectivity index is 1.84. The SMILES string of the molecule is O=Cc1cc2c(cc1OCc1cscn1)OCO2. The minimum absolute atomic E-state index is 0.170. The summed E-state index contributed by atoms with van der Waals surface area (Å²) in [6.45, 7) is 0.493. The molecule has 5 nitrogen and oxygen atoms in total. The van der Waals surface area contributed by atoms with Gasteiger partial charge in [-0.25, -0.2) is 4.98 Å². The summed E-state index contributed by atoms with van der Waals surface area (Å²) in [6.07, 6.45) is 0.734. The van der Waals surface area contributed by atoms with Crippen LogP contribution in [0.1, 0.15) is 16.1 Å². The molecule has 1 aromatic carbocycles. The molecule has 0 fully saturated rings. The van der Waals surface area contributed by atoms with E-state index in [9.17, 15) is 4.79 Å². The number of aldehydes is 1. The van der Waals surface area contributed by atoms with E-state index in [4.69, 9.17) is 14.2 Å². The van der Waals surface area contributed by atoms with Crippen molar-refractivity contribution in [3.63, 3.8) is 0 Å². The van der Waals surface area contributed by atoms with Crippen molar-refractivity contribution in [1.82, 2.24) is 4.98 Å². The lowest BCUT2D eigenvalue weighted by Crippen LogP contribution is -1.98. The van der Waals surface area contributed by atoms with Gasteiger partial charge in [0.25, 0.3) is 0 Å². The van der Waals surface area contributed by atoms with Crippen LogP contribution in [0.25, 0.3) is 0 Å². The van der Waals surface area contributed by atoms with E-state index in [2.05, 4.69) is 4.98 Å². The van der Waals surface area contributed by atoms with Crippen molar-refractivity contribution in [2.24, 2.45) is 0 Å². The average molecular weight is 263 g/mol. The molecule has 3 rings (SSSR count). The Morgan fingerprint density at radius 3 is 2.94 bits per heavy atom. The Morgan fingerprint density at radius 2 is 2.22 bits per heavy atom. The van der Waals surface area contributed by atoms with Crippen LogP contribution in [0.3, 0.4) is 0 Å². The molecule has 2 aromatic rings. The number of nitrogens with zero attached hydrogens (tertiary/aromatic N) is 1. The van der Waals surface area contributed by atoms with Crippen LogP contribution < -0.4 is 14.2 Å². The topological polar surface area (TPSA) is 57.7 Å². The van der Waals surface area contributed by atoms with Crippen molar-refractivity contribution in [2.75, 3.05) is 6.79 Å². The van der Waals surface area contributed by atoms with Gasteiger partial charge in [0, 0.05) is 11.4 Å². The van der Waals surface area contributed by atoms with E-state index in [0.717, 1.165) is 12.0 Å². The molecule has 6 heteroatoms. The molecule has 0 saturated heterocycles. The van der Waals surface area contributed by atoms with E-state index in [0.29, 0.717) is 29.4 Å². The van der Waals surface area contributed by atoms with Gasteiger partial charge in [-0.15, -0.1) is 11.3 Å². The lowest BCUT2D eigenvalue weighted by atomic mass is 10.2. The second-order valence-electron chi connectivity index (χ2n) is 3.63. The van der Waals surface area contributed by atoms with Crippen LogP contribution in [0.2, 0.25) is 0 Å². The second-order valence-corrected chi connectivity index (χ2v) is 4.35. The Hall–Kier alpha value is -2.08. The standard InChI is InChI=1S/C12H9NO4S/c14-3-8-1-11-12(17-7-16-11)2-10(8)15-4-9-5-18-6-13-9/h1-3,5-6H,4,7H2. The average Bonchev–Trinajstić information content (AvgIpc) is 3.05. The number of carbonyl (C=O) groups excluding carboxylic acids is 1. The molecule has 1 aliphatic rings. The molecule has 0 atom stereocenters. The monoisotopic (exact) mass is 263 g/mol. The number of carbonyl (C=O) groups is 1. The summed E-state index contributed by atoms with van der Waals surface area (Å²) in [7, 11) is 0. The molecule has 0 radical (unpaired) electrons. The van der Waals surface area contributed by atoms with Gasteiger partial charge < -0.3 is 14.2 Å². The number of aromatic nitrogens is 1. The summed E-state index contributed by atoms with van der Waals surface area (Å²) in [5.41, 5.74) is 3.00. The van der Waals surface area contributed by atoms with Crippen LogP contribution >= 0.6 is 11.3 Å². The summed E-state index contributed by atoms with van der Waals surface area (Å²) >= 11 is 1.50. The van der Waals surface area contributed by atoms with Crippen LogP contribution in [-0.2, 0) is 6.61 Å². The van der Waals surface area contributed by atoms with Crippen LogP contribution in [-0.4, -0.2) is 18.1 Å². The maximum absolute atomic E-state index is 11.0. The van der Waals surface area contributed by atoms with Crippen LogP contribution in [0.5, 0.6) is 17.2 Å². The number of thiazole rings is 1. The first-order valence-electron chi connectivity index (χ1n) is 5.25. The molecule has 92 valence electrons. The zero-order chi connectivity index (χ0) is 12.4. The maximum Gasteiger partial charge on any atom is 0.231 e. The van der Waals surface area contributed by atoms with Gasteiger partial charge in [-0.1, -0.05) is 0 Å². The van der Waals surface area contributed by atoms with Crippen LogP contribution in [0.15, 0.2) is 23.0 Å². The van der Waals surface area contributed by atoms with E-state index in [1.54, 1.807) is 17.6 Å². The third-order valence-electron chi connectivity index (χ3n) is 2.49. The van der Waals surface area contributed by atoms with Crippen LogP contribution in [0.4, 0.5) is 0 Å². The minimum atomic E-state index is 0.170. The first-order chi connectivity index (χ1) is 8.86. The minimum Gasteiger partial charge on any atom is -0.486 e. The number of benzene rings is 1. The fourth-order valence-electron chi connectivity index (χ4n) is 1.62. The molecule has 0 bridgehead atoms. The Kier molecular flexibility index (Phi) is 2.85. The summed E-state index contributed by atoms with van der Waals surface area (Å²) in [4.78, 5) is 15.1. The fourth-order valence-corrected chi connectivity index (χ4v) is 2.16.